The van der Waals surface area contributed by atoms with Crippen LogP contribution in [0.3, 0.4) is 0 Å². The zero-order valence-corrected chi connectivity index (χ0v) is 12.8. The van der Waals surface area contributed by atoms with Crippen molar-refractivity contribution >= 4 is 33.4 Å². The number of halogens is 2. The van der Waals surface area contributed by atoms with Crippen LogP contribution in [0, 0.1) is 6.92 Å². The van der Waals surface area contributed by atoms with E-state index in [1.807, 2.05) is 6.92 Å². The number of hydrogen-bond acceptors (Lipinski definition) is 3. The maximum absolute atomic E-state index is 12.3. The molecule has 1 heterocycles. The summed E-state index contributed by atoms with van der Waals surface area (Å²) in [5.74, 6) is 0.618. The molecule has 0 aliphatic rings. The molecule has 0 N–H and O–H groups in total. The lowest BCUT2D eigenvalue weighted by atomic mass is 10.2. The van der Waals surface area contributed by atoms with Crippen molar-refractivity contribution in [1.82, 2.24) is 10.1 Å². The summed E-state index contributed by atoms with van der Waals surface area (Å²) >= 11 is 9.20. The van der Waals surface area contributed by atoms with Crippen molar-refractivity contribution in [2.24, 2.45) is 0 Å². The van der Waals surface area contributed by atoms with Crippen molar-refractivity contribution in [3.63, 3.8) is 0 Å². The summed E-state index contributed by atoms with van der Waals surface area (Å²) in [7, 11) is 1.72. The van der Waals surface area contributed by atoms with Gasteiger partial charge < -0.3 is 9.42 Å². The molecule has 0 bridgehead atoms. The molecule has 0 saturated heterocycles. The maximum atomic E-state index is 12.3. The molecule has 0 aliphatic carbocycles. The van der Waals surface area contributed by atoms with Gasteiger partial charge in [-0.3, -0.25) is 4.79 Å². The van der Waals surface area contributed by atoms with Gasteiger partial charge in [-0.2, -0.15) is 0 Å². The topological polar surface area (TPSA) is 46.3 Å². The number of benzene rings is 1. The molecule has 0 unspecified atom stereocenters. The third kappa shape index (κ3) is 3.36. The van der Waals surface area contributed by atoms with Gasteiger partial charge in [0.1, 0.15) is 11.5 Å². The SMILES string of the molecule is Cc1cc(CN(C)C(=O)c2ccc(Cl)cc2Br)no1. The van der Waals surface area contributed by atoms with Crippen molar-refractivity contribution in [2.45, 2.75) is 13.5 Å². The average molecular weight is 344 g/mol. The predicted octanol–water partition coefficient (Wildman–Crippen LogP) is 3.67. The zero-order valence-electron chi connectivity index (χ0n) is 10.5. The first-order valence-electron chi connectivity index (χ1n) is 5.60. The van der Waals surface area contributed by atoms with E-state index in [1.165, 1.54) is 0 Å². The minimum atomic E-state index is -0.107. The molecular weight excluding hydrogens is 332 g/mol. The third-order valence-corrected chi connectivity index (χ3v) is 3.48. The minimum absolute atomic E-state index is 0.107. The van der Waals surface area contributed by atoms with Crippen molar-refractivity contribution < 1.29 is 9.32 Å². The smallest absolute Gasteiger partial charge is 0.255 e. The van der Waals surface area contributed by atoms with E-state index in [0.29, 0.717) is 21.6 Å². The van der Waals surface area contributed by atoms with Gasteiger partial charge in [-0.1, -0.05) is 16.8 Å². The second-order valence-corrected chi connectivity index (χ2v) is 5.51. The highest BCUT2D eigenvalue weighted by Crippen LogP contribution is 2.23. The average Bonchev–Trinajstić information content (AvgIpc) is 2.74. The van der Waals surface area contributed by atoms with Crippen LogP contribution in [0.4, 0.5) is 0 Å². The quantitative estimate of drug-likeness (QED) is 0.854. The van der Waals surface area contributed by atoms with Crippen LogP contribution in [-0.2, 0) is 6.54 Å². The Balaban J connectivity index is 2.14. The highest BCUT2D eigenvalue weighted by molar-refractivity contribution is 9.10. The van der Waals surface area contributed by atoms with E-state index in [4.69, 9.17) is 16.1 Å². The number of nitrogens with zero attached hydrogens (tertiary/aromatic N) is 2. The van der Waals surface area contributed by atoms with Gasteiger partial charge in [0.2, 0.25) is 0 Å². The molecule has 1 amide bonds. The molecule has 100 valence electrons. The summed E-state index contributed by atoms with van der Waals surface area (Å²) in [6, 6.07) is 6.89. The van der Waals surface area contributed by atoms with Crippen molar-refractivity contribution in [3.8, 4) is 0 Å². The van der Waals surface area contributed by atoms with Gasteiger partial charge in [0, 0.05) is 22.6 Å². The Morgan fingerprint density at radius 1 is 1.47 bits per heavy atom. The predicted molar refractivity (Wildman–Crippen MR) is 76.2 cm³/mol. The third-order valence-electron chi connectivity index (χ3n) is 2.58. The number of hydrogen-bond donors (Lipinski definition) is 0. The van der Waals surface area contributed by atoms with Crippen molar-refractivity contribution in [3.05, 3.63) is 50.8 Å². The monoisotopic (exact) mass is 342 g/mol. The normalized spacial score (nSPS) is 10.5. The van der Waals surface area contributed by atoms with Crippen LogP contribution >= 0.6 is 27.5 Å². The molecule has 0 saturated carbocycles. The van der Waals surface area contributed by atoms with Gasteiger partial charge >= 0.3 is 0 Å². The Labute approximate surface area is 124 Å². The summed E-state index contributed by atoms with van der Waals surface area (Å²) in [5, 5.41) is 4.45. The van der Waals surface area contributed by atoms with Gasteiger partial charge in [-0.15, -0.1) is 0 Å². The highest BCUT2D eigenvalue weighted by atomic mass is 79.9. The summed E-state index contributed by atoms with van der Waals surface area (Å²) in [4.78, 5) is 13.9. The molecule has 19 heavy (non-hydrogen) atoms. The second-order valence-electron chi connectivity index (χ2n) is 4.21. The van der Waals surface area contributed by atoms with Crippen LogP contribution in [0.15, 0.2) is 33.3 Å². The zero-order chi connectivity index (χ0) is 14.0. The Hall–Kier alpha value is -1.33. The number of carbonyl (C=O) groups excluding carboxylic acids is 1. The van der Waals surface area contributed by atoms with E-state index in [1.54, 1.807) is 36.2 Å². The number of aromatic nitrogens is 1. The van der Waals surface area contributed by atoms with Gasteiger partial charge in [-0.25, -0.2) is 0 Å². The Morgan fingerprint density at radius 3 is 2.79 bits per heavy atom. The summed E-state index contributed by atoms with van der Waals surface area (Å²) < 4.78 is 5.65. The van der Waals surface area contributed by atoms with E-state index in [2.05, 4.69) is 21.1 Å². The number of amides is 1. The lowest BCUT2D eigenvalue weighted by Gasteiger charge is -2.16. The summed E-state index contributed by atoms with van der Waals surface area (Å²) in [6.45, 7) is 2.21. The van der Waals surface area contributed by atoms with Crippen LogP contribution in [0.2, 0.25) is 5.02 Å². The fourth-order valence-corrected chi connectivity index (χ4v) is 2.53. The summed E-state index contributed by atoms with van der Waals surface area (Å²) in [5.41, 5.74) is 1.28. The molecule has 6 heteroatoms. The Bertz CT molecular complexity index is 612. The second kappa shape index (κ2) is 5.75. The number of aryl methyl sites for hydroxylation is 1. The Morgan fingerprint density at radius 2 is 2.21 bits per heavy atom. The highest BCUT2D eigenvalue weighted by Gasteiger charge is 2.16. The number of rotatable bonds is 3. The Kier molecular flexibility index (Phi) is 4.27. The van der Waals surface area contributed by atoms with E-state index in [-0.39, 0.29) is 5.91 Å². The van der Waals surface area contributed by atoms with Gasteiger partial charge in [-0.05, 0) is 41.1 Å². The van der Waals surface area contributed by atoms with E-state index < -0.39 is 0 Å². The van der Waals surface area contributed by atoms with Crippen LogP contribution in [0.25, 0.3) is 0 Å². The van der Waals surface area contributed by atoms with Crippen LogP contribution in [0.5, 0.6) is 0 Å². The van der Waals surface area contributed by atoms with Gasteiger partial charge in [0.25, 0.3) is 5.91 Å². The lowest BCUT2D eigenvalue weighted by Crippen LogP contribution is -2.26. The molecule has 0 radical (unpaired) electrons. The molecule has 0 aliphatic heterocycles. The van der Waals surface area contributed by atoms with Crippen LogP contribution < -0.4 is 0 Å². The first kappa shape index (κ1) is 14.1. The lowest BCUT2D eigenvalue weighted by molar-refractivity contribution is 0.0781. The summed E-state index contributed by atoms with van der Waals surface area (Å²) in [6.07, 6.45) is 0. The van der Waals surface area contributed by atoms with Crippen LogP contribution in [-0.4, -0.2) is 23.0 Å². The van der Waals surface area contributed by atoms with E-state index in [0.717, 1.165) is 11.5 Å². The maximum Gasteiger partial charge on any atom is 0.255 e. The standard InChI is InChI=1S/C13H12BrClN2O2/c1-8-5-10(16-19-8)7-17(2)13(18)11-4-3-9(15)6-12(11)14/h3-6H,7H2,1-2H3. The molecule has 0 fully saturated rings. The van der Waals surface area contributed by atoms with Crippen molar-refractivity contribution in [1.29, 1.82) is 0 Å². The van der Waals surface area contributed by atoms with Crippen LogP contribution in [0.1, 0.15) is 21.8 Å². The first-order valence-corrected chi connectivity index (χ1v) is 6.77. The largest absolute Gasteiger partial charge is 0.361 e. The molecule has 0 atom stereocenters. The molecule has 0 spiro atoms. The van der Waals surface area contributed by atoms with E-state index in [9.17, 15) is 4.79 Å². The fourth-order valence-electron chi connectivity index (χ4n) is 1.68. The first-order chi connectivity index (χ1) is 8.97. The molecule has 4 nitrogen and oxygen atoms in total. The van der Waals surface area contributed by atoms with E-state index >= 15 is 0 Å². The molecular formula is C13H12BrClN2O2. The van der Waals surface area contributed by atoms with Crippen molar-refractivity contribution in [2.75, 3.05) is 7.05 Å². The molecule has 2 aromatic rings. The van der Waals surface area contributed by atoms with Gasteiger partial charge in [0.15, 0.2) is 0 Å². The molecule has 2 rings (SSSR count). The molecule has 1 aromatic carbocycles. The van der Waals surface area contributed by atoms with Gasteiger partial charge in [0.05, 0.1) is 12.1 Å². The minimum Gasteiger partial charge on any atom is -0.361 e. The molecule has 1 aromatic heterocycles. The number of carbonyl (C=O) groups is 1. The fraction of sp³-hybridized carbons (Fsp3) is 0.231.